The minimum atomic E-state index is -0.560. The molecule has 0 bridgehead atoms. The minimum Gasteiger partial charge on any atom is -0.508 e. The van der Waals surface area contributed by atoms with Gasteiger partial charge in [-0.3, -0.25) is 14.1 Å². The first kappa shape index (κ1) is 29.3. The van der Waals surface area contributed by atoms with Gasteiger partial charge in [0, 0.05) is 26.7 Å². The molecule has 2 N–H and O–H groups in total. The van der Waals surface area contributed by atoms with E-state index in [0.717, 1.165) is 84.5 Å². The van der Waals surface area contributed by atoms with E-state index in [1.54, 1.807) is 18.2 Å². The Balaban J connectivity index is 0.00000370. The molecule has 1 atom stereocenters. The molecule has 1 aliphatic carbocycles. The van der Waals surface area contributed by atoms with Gasteiger partial charge in [0.1, 0.15) is 23.4 Å². The SMILES string of the molecule is C.CNC(=O)c1ccc(C2=C(c3ccc(O[C@H]4CCN(CCCF)C4)cc3)c3ccc(O)cc3CCC2)cc1F. The zero-order valence-corrected chi connectivity index (χ0v) is 22.2. The summed E-state index contributed by atoms with van der Waals surface area (Å²) >= 11 is 0. The van der Waals surface area contributed by atoms with Crippen LogP contribution in [0.2, 0.25) is 0 Å². The lowest BCUT2D eigenvalue weighted by molar-refractivity contribution is 0.0959. The van der Waals surface area contributed by atoms with E-state index in [-0.39, 0.29) is 31.5 Å². The Morgan fingerprint density at radius 1 is 1.07 bits per heavy atom. The molecule has 1 fully saturated rings. The summed E-state index contributed by atoms with van der Waals surface area (Å²) in [5.41, 5.74) is 5.74. The quantitative estimate of drug-likeness (QED) is 0.332. The first-order valence-corrected chi connectivity index (χ1v) is 13.6. The van der Waals surface area contributed by atoms with Crippen molar-refractivity contribution >= 4 is 17.1 Å². The normalized spacial score (nSPS) is 17.1. The fourth-order valence-corrected chi connectivity index (χ4v) is 5.69. The summed E-state index contributed by atoms with van der Waals surface area (Å²) in [6.45, 7) is 2.17. The predicted octanol–water partition coefficient (Wildman–Crippen LogP) is 6.64. The Morgan fingerprint density at radius 3 is 2.58 bits per heavy atom. The number of phenolic OH excluding ortho intramolecular Hbond substituents is 1. The average molecular weight is 549 g/mol. The zero-order chi connectivity index (χ0) is 27.4. The van der Waals surface area contributed by atoms with Crippen molar-refractivity contribution in [1.82, 2.24) is 10.2 Å². The van der Waals surface area contributed by atoms with Gasteiger partial charge >= 0.3 is 0 Å². The van der Waals surface area contributed by atoms with Gasteiger partial charge < -0.3 is 15.2 Å². The van der Waals surface area contributed by atoms with Crippen molar-refractivity contribution in [2.75, 3.05) is 33.4 Å². The molecule has 7 heteroatoms. The summed E-state index contributed by atoms with van der Waals surface area (Å²) in [5, 5.41) is 12.6. The van der Waals surface area contributed by atoms with E-state index < -0.39 is 11.7 Å². The Bertz CT molecular complexity index is 1370. The number of alkyl halides is 1. The topological polar surface area (TPSA) is 61.8 Å². The van der Waals surface area contributed by atoms with Crippen molar-refractivity contribution in [2.45, 2.75) is 45.6 Å². The molecule has 0 unspecified atom stereocenters. The summed E-state index contributed by atoms with van der Waals surface area (Å²) in [7, 11) is 1.48. The molecule has 2 aliphatic rings. The van der Waals surface area contributed by atoms with E-state index in [1.165, 1.54) is 19.2 Å². The summed E-state index contributed by atoms with van der Waals surface area (Å²) < 4.78 is 33.8. The second-order valence-corrected chi connectivity index (χ2v) is 10.2. The number of halogens is 2. The number of likely N-dealkylation sites (tertiary alicyclic amines) is 1. The monoisotopic (exact) mass is 548 g/mol. The lowest BCUT2D eigenvalue weighted by Gasteiger charge is -2.19. The van der Waals surface area contributed by atoms with Gasteiger partial charge in [-0.05, 0) is 102 Å². The number of aromatic hydroxyl groups is 1. The van der Waals surface area contributed by atoms with Crippen molar-refractivity contribution in [3.63, 3.8) is 0 Å². The second-order valence-electron chi connectivity index (χ2n) is 10.2. The Labute approximate surface area is 235 Å². The van der Waals surface area contributed by atoms with Crippen LogP contribution >= 0.6 is 0 Å². The maximum Gasteiger partial charge on any atom is 0.253 e. The molecule has 3 aromatic carbocycles. The highest BCUT2D eigenvalue weighted by atomic mass is 19.1. The molecule has 212 valence electrons. The molecule has 0 aromatic heterocycles. The van der Waals surface area contributed by atoms with Gasteiger partial charge in [-0.25, -0.2) is 4.39 Å². The van der Waals surface area contributed by atoms with Gasteiger partial charge in [-0.1, -0.05) is 31.7 Å². The minimum absolute atomic E-state index is 0. The highest BCUT2D eigenvalue weighted by Crippen LogP contribution is 2.41. The third kappa shape index (κ3) is 6.36. The Hall–Kier alpha value is -3.71. The molecule has 1 amide bonds. The van der Waals surface area contributed by atoms with Crippen LogP contribution in [0.4, 0.5) is 8.78 Å². The fraction of sp³-hybridized carbons (Fsp3) is 0.364. The fourth-order valence-electron chi connectivity index (χ4n) is 5.69. The second kappa shape index (κ2) is 13.1. The van der Waals surface area contributed by atoms with Crippen molar-refractivity contribution < 1.29 is 23.4 Å². The van der Waals surface area contributed by atoms with Gasteiger partial charge in [-0.15, -0.1) is 0 Å². The first-order chi connectivity index (χ1) is 19.0. The van der Waals surface area contributed by atoms with Crippen molar-refractivity contribution in [3.8, 4) is 11.5 Å². The molecule has 0 radical (unpaired) electrons. The van der Waals surface area contributed by atoms with Crippen LogP contribution in [-0.4, -0.2) is 55.4 Å². The lowest BCUT2D eigenvalue weighted by atomic mass is 9.87. The van der Waals surface area contributed by atoms with Crippen LogP contribution in [0.3, 0.4) is 0 Å². The molecule has 1 aliphatic heterocycles. The van der Waals surface area contributed by atoms with Crippen LogP contribution in [0.1, 0.15) is 65.7 Å². The lowest BCUT2D eigenvalue weighted by Crippen LogP contribution is -2.26. The molecule has 1 saturated heterocycles. The highest BCUT2D eigenvalue weighted by Gasteiger charge is 2.25. The van der Waals surface area contributed by atoms with Crippen LogP contribution in [0, 0.1) is 5.82 Å². The number of amides is 1. The average Bonchev–Trinajstić information content (AvgIpc) is 3.30. The molecule has 0 spiro atoms. The predicted molar refractivity (Wildman–Crippen MR) is 156 cm³/mol. The number of phenols is 1. The summed E-state index contributed by atoms with van der Waals surface area (Å²) in [6, 6.07) is 18.2. The number of nitrogens with one attached hydrogen (secondary N) is 1. The molecule has 5 nitrogen and oxygen atoms in total. The number of fused-ring (bicyclic) bond motifs is 1. The van der Waals surface area contributed by atoms with E-state index >= 15 is 4.39 Å². The van der Waals surface area contributed by atoms with Gasteiger partial charge in [0.2, 0.25) is 0 Å². The Morgan fingerprint density at radius 2 is 1.85 bits per heavy atom. The summed E-state index contributed by atoms with van der Waals surface area (Å²) in [6.07, 6.45) is 3.90. The van der Waals surface area contributed by atoms with E-state index in [2.05, 4.69) is 10.2 Å². The number of allylic oxidation sites excluding steroid dienone is 1. The first-order valence-electron chi connectivity index (χ1n) is 13.6. The number of benzene rings is 3. The van der Waals surface area contributed by atoms with Crippen molar-refractivity contribution in [2.24, 2.45) is 0 Å². The third-order valence-electron chi connectivity index (χ3n) is 7.60. The van der Waals surface area contributed by atoms with Gasteiger partial charge in [-0.2, -0.15) is 0 Å². The number of hydrogen-bond acceptors (Lipinski definition) is 4. The standard InChI is InChI=1S/C32H34F2N2O3.CH4/c1-35-32(38)29-12-8-23(19-30(29)34)27-5-2-4-22-18-24(37)9-13-28(22)31(27)21-6-10-25(11-7-21)39-26-14-17-36(20-26)16-3-15-33;/h6-13,18-19,26,37H,2-5,14-17,20H2,1H3,(H,35,38);1H4/t26-;/m0./s1. The number of carbonyl (C=O) groups is 1. The van der Waals surface area contributed by atoms with E-state index in [1.807, 2.05) is 30.3 Å². The van der Waals surface area contributed by atoms with E-state index in [9.17, 15) is 14.3 Å². The molecule has 5 rings (SSSR count). The largest absolute Gasteiger partial charge is 0.508 e. The maximum absolute atomic E-state index is 15.0. The van der Waals surface area contributed by atoms with Crippen LogP contribution in [0.5, 0.6) is 11.5 Å². The zero-order valence-electron chi connectivity index (χ0n) is 22.2. The molecule has 1 heterocycles. The van der Waals surface area contributed by atoms with Crippen LogP contribution in [0.15, 0.2) is 60.7 Å². The maximum atomic E-state index is 15.0. The number of aryl methyl sites for hydroxylation is 1. The van der Waals surface area contributed by atoms with Gasteiger partial charge in [0.05, 0.1) is 12.2 Å². The van der Waals surface area contributed by atoms with Crippen molar-refractivity contribution in [3.05, 3.63) is 94.3 Å². The third-order valence-corrected chi connectivity index (χ3v) is 7.60. The van der Waals surface area contributed by atoms with Gasteiger partial charge in [0.15, 0.2) is 0 Å². The molecular weight excluding hydrogens is 510 g/mol. The van der Waals surface area contributed by atoms with Crippen molar-refractivity contribution in [1.29, 1.82) is 0 Å². The highest BCUT2D eigenvalue weighted by molar-refractivity contribution is 6.01. The molecule has 40 heavy (non-hydrogen) atoms. The van der Waals surface area contributed by atoms with E-state index in [0.29, 0.717) is 6.42 Å². The number of nitrogens with zero attached hydrogens (tertiary/aromatic N) is 1. The molecular formula is C33H38F2N2O3. The molecule has 0 saturated carbocycles. The van der Waals surface area contributed by atoms with E-state index in [4.69, 9.17) is 4.74 Å². The van der Waals surface area contributed by atoms with Crippen LogP contribution in [0.25, 0.3) is 11.1 Å². The number of rotatable bonds is 8. The number of carbonyl (C=O) groups excluding carboxylic acids is 1. The summed E-state index contributed by atoms with van der Waals surface area (Å²) in [5.74, 6) is -0.0229. The smallest absolute Gasteiger partial charge is 0.253 e. The molecule has 3 aromatic rings. The Kier molecular flexibility index (Phi) is 9.58. The van der Waals surface area contributed by atoms with Gasteiger partial charge in [0.25, 0.3) is 5.91 Å². The number of hydrogen-bond donors (Lipinski definition) is 2. The summed E-state index contributed by atoms with van der Waals surface area (Å²) in [4.78, 5) is 14.3. The number of ether oxygens (including phenoxy) is 1. The van der Waals surface area contributed by atoms with Crippen LogP contribution < -0.4 is 10.1 Å². The van der Waals surface area contributed by atoms with Crippen LogP contribution in [-0.2, 0) is 6.42 Å².